The summed E-state index contributed by atoms with van der Waals surface area (Å²) in [6.07, 6.45) is 3.88. The van der Waals surface area contributed by atoms with Crippen LogP contribution in [0.1, 0.15) is 26.2 Å². The summed E-state index contributed by atoms with van der Waals surface area (Å²) in [5.74, 6) is 0. The maximum atomic E-state index is 3.91. The average Bonchev–Trinajstić information content (AvgIpc) is 2.56. The average molecular weight is 261 g/mol. The molecule has 0 aromatic heterocycles. The van der Waals surface area contributed by atoms with Crippen LogP contribution in [-0.2, 0) is 0 Å². The summed E-state index contributed by atoms with van der Waals surface area (Å²) in [6, 6.07) is 0.702. The molecule has 1 heterocycles. The lowest BCUT2D eigenvalue weighted by molar-refractivity contribution is 0.273. The Morgan fingerprint density at radius 1 is 1.64 bits per heavy atom. The fourth-order valence-corrected chi connectivity index (χ4v) is 2.37. The Kier molecular flexibility index (Phi) is 5.75. The Balaban J connectivity index is 2.29. The predicted octanol–water partition coefficient (Wildman–Crippen LogP) is 2.36. The zero-order valence-electron chi connectivity index (χ0n) is 9.06. The fraction of sp³-hybridized carbons (Fsp3) is 0.818. The number of rotatable bonds is 6. The maximum Gasteiger partial charge on any atom is 0.0294 e. The highest BCUT2D eigenvalue weighted by Gasteiger charge is 2.17. The summed E-state index contributed by atoms with van der Waals surface area (Å²) in [5.41, 5.74) is 0. The summed E-state index contributed by atoms with van der Waals surface area (Å²) >= 11 is 3.44. The molecule has 14 heavy (non-hydrogen) atoms. The molecule has 0 amide bonds. The molecule has 0 aromatic rings. The first-order chi connectivity index (χ1) is 6.72. The molecule has 0 radical (unpaired) electrons. The second-order valence-electron chi connectivity index (χ2n) is 4.05. The van der Waals surface area contributed by atoms with E-state index in [1.807, 2.05) is 0 Å². The molecule has 0 saturated carbocycles. The minimum absolute atomic E-state index is 0.702. The first-order valence-electron chi connectivity index (χ1n) is 5.51. The van der Waals surface area contributed by atoms with E-state index in [4.69, 9.17) is 0 Å². The zero-order valence-corrected chi connectivity index (χ0v) is 10.6. The van der Waals surface area contributed by atoms with Crippen molar-refractivity contribution in [2.24, 2.45) is 0 Å². The minimum Gasteiger partial charge on any atom is -0.313 e. The van der Waals surface area contributed by atoms with Crippen molar-refractivity contribution in [1.29, 1.82) is 0 Å². The summed E-state index contributed by atoms with van der Waals surface area (Å²) in [4.78, 5) is 2.47. The number of nitrogens with zero attached hydrogens (tertiary/aromatic N) is 1. The van der Waals surface area contributed by atoms with Crippen molar-refractivity contribution in [3.05, 3.63) is 11.1 Å². The van der Waals surface area contributed by atoms with Crippen molar-refractivity contribution < 1.29 is 0 Å². The Morgan fingerprint density at radius 2 is 2.43 bits per heavy atom. The number of hydrogen-bond donors (Lipinski definition) is 1. The van der Waals surface area contributed by atoms with Gasteiger partial charge in [-0.1, -0.05) is 29.4 Å². The molecule has 1 unspecified atom stereocenters. The van der Waals surface area contributed by atoms with Crippen LogP contribution in [0.4, 0.5) is 0 Å². The Morgan fingerprint density at radius 3 is 2.93 bits per heavy atom. The van der Waals surface area contributed by atoms with Gasteiger partial charge in [-0.3, -0.25) is 4.90 Å². The molecular weight excluding hydrogens is 240 g/mol. The molecule has 0 bridgehead atoms. The van der Waals surface area contributed by atoms with E-state index >= 15 is 0 Å². The van der Waals surface area contributed by atoms with E-state index in [2.05, 4.69) is 39.6 Å². The van der Waals surface area contributed by atoms with E-state index in [-0.39, 0.29) is 0 Å². The van der Waals surface area contributed by atoms with Gasteiger partial charge in [-0.2, -0.15) is 0 Å². The molecule has 1 N–H and O–H groups in total. The van der Waals surface area contributed by atoms with Gasteiger partial charge in [-0.15, -0.1) is 0 Å². The molecule has 3 heteroatoms. The lowest BCUT2D eigenvalue weighted by Crippen LogP contribution is -2.38. The lowest BCUT2D eigenvalue weighted by Gasteiger charge is -2.24. The SMILES string of the molecule is C=C(Br)CN(CCC)CC1CCCN1. The molecule has 0 spiro atoms. The third-order valence-electron chi connectivity index (χ3n) is 2.58. The van der Waals surface area contributed by atoms with E-state index in [0.29, 0.717) is 6.04 Å². The quantitative estimate of drug-likeness (QED) is 0.789. The number of halogens is 1. The zero-order chi connectivity index (χ0) is 10.4. The third kappa shape index (κ3) is 4.58. The molecule has 1 atom stereocenters. The largest absolute Gasteiger partial charge is 0.313 e. The monoisotopic (exact) mass is 260 g/mol. The minimum atomic E-state index is 0.702. The van der Waals surface area contributed by atoms with Crippen molar-refractivity contribution in [2.75, 3.05) is 26.2 Å². The predicted molar refractivity (Wildman–Crippen MR) is 65.8 cm³/mol. The first-order valence-corrected chi connectivity index (χ1v) is 6.30. The first kappa shape index (κ1) is 12.2. The molecule has 1 aliphatic rings. The van der Waals surface area contributed by atoms with Crippen LogP contribution < -0.4 is 5.32 Å². The van der Waals surface area contributed by atoms with Crippen LogP contribution in [0.5, 0.6) is 0 Å². The molecule has 1 fully saturated rings. The van der Waals surface area contributed by atoms with Gasteiger partial charge in [0.05, 0.1) is 0 Å². The Bertz CT molecular complexity index is 176. The van der Waals surface area contributed by atoms with Gasteiger partial charge in [-0.25, -0.2) is 0 Å². The van der Waals surface area contributed by atoms with Crippen LogP contribution in [0.3, 0.4) is 0 Å². The van der Waals surface area contributed by atoms with Crippen molar-refractivity contribution >= 4 is 15.9 Å². The van der Waals surface area contributed by atoms with E-state index in [1.54, 1.807) is 0 Å². The maximum absolute atomic E-state index is 3.91. The standard InChI is InChI=1S/C11H21BrN2/c1-3-7-14(8-10(2)12)9-11-5-4-6-13-11/h11,13H,2-9H2,1H3. The van der Waals surface area contributed by atoms with Gasteiger partial charge in [0.1, 0.15) is 0 Å². The summed E-state index contributed by atoms with van der Waals surface area (Å²) < 4.78 is 1.09. The van der Waals surface area contributed by atoms with Gasteiger partial charge in [0.15, 0.2) is 0 Å². The normalized spacial score (nSPS) is 21.8. The van der Waals surface area contributed by atoms with Gasteiger partial charge < -0.3 is 5.32 Å². The van der Waals surface area contributed by atoms with Crippen LogP contribution in [0.15, 0.2) is 11.1 Å². The van der Waals surface area contributed by atoms with E-state index in [1.165, 1.54) is 38.9 Å². The molecular formula is C11H21BrN2. The molecule has 1 rings (SSSR count). The Hall–Kier alpha value is 0.140. The molecule has 82 valence electrons. The smallest absolute Gasteiger partial charge is 0.0294 e. The highest BCUT2D eigenvalue weighted by atomic mass is 79.9. The van der Waals surface area contributed by atoms with Crippen LogP contribution in [0.25, 0.3) is 0 Å². The second kappa shape index (κ2) is 6.59. The van der Waals surface area contributed by atoms with Crippen molar-refractivity contribution in [3.8, 4) is 0 Å². The van der Waals surface area contributed by atoms with Crippen LogP contribution in [-0.4, -0.2) is 37.1 Å². The van der Waals surface area contributed by atoms with Gasteiger partial charge in [-0.05, 0) is 32.4 Å². The molecule has 1 saturated heterocycles. The Labute approximate surface area is 95.9 Å². The summed E-state index contributed by atoms with van der Waals surface area (Å²) in [7, 11) is 0. The van der Waals surface area contributed by atoms with Crippen LogP contribution in [0, 0.1) is 0 Å². The van der Waals surface area contributed by atoms with E-state index in [0.717, 1.165) is 11.0 Å². The third-order valence-corrected chi connectivity index (χ3v) is 2.83. The molecule has 0 aliphatic carbocycles. The topological polar surface area (TPSA) is 15.3 Å². The van der Waals surface area contributed by atoms with E-state index in [9.17, 15) is 0 Å². The lowest BCUT2D eigenvalue weighted by atomic mass is 10.2. The van der Waals surface area contributed by atoms with Crippen LogP contribution in [0.2, 0.25) is 0 Å². The van der Waals surface area contributed by atoms with E-state index < -0.39 is 0 Å². The summed E-state index contributed by atoms with van der Waals surface area (Å²) in [5, 5.41) is 3.53. The molecule has 2 nitrogen and oxygen atoms in total. The van der Waals surface area contributed by atoms with Crippen molar-refractivity contribution in [3.63, 3.8) is 0 Å². The van der Waals surface area contributed by atoms with Crippen molar-refractivity contribution in [1.82, 2.24) is 10.2 Å². The van der Waals surface area contributed by atoms with Crippen LogP contribution >= 0.6 is 15.9 Å². The van der Waals surface area contributed by atoms with Gasteiger partial charge in [0.25, 0.3) is 0 Å². The van der Waals surface area contributed by atoms with Crippen molar-refractivity contribution in [2.45, 2.75) is 32.2 Å². The summed E-state index contributed by atoms with van der Waals surface area (Å²) in [6.45, 7) is 10.6. The highest BCUT2D eigenvalue weighted by molar-refractivity contribution is 9.11. The number of hydrogen-bond acceptors (Lipinski definition) is 2. The van der Waals surface area contributed by atoms with Gasteiger partial charge in [0.2, 0.25) is 0 Å². The van der Waals surface area contributed by atoms with Gasteiger partial charge in [0, 0.05) is 23.6 Å². The second-order valence-corrected chi connectivity index (χ2v) is 5.17. The molecule has 1 aliphatic heterocycles. The highest BCUT2D eigenvalue weighted by Crippen LogP contribution is 2.10. The number of nitrogens with one attached hydrogen (secondary N) is 1. The van der Waals surface area contributed by atoms with Gasteiger partial charge >= 0.3 is 0 Å². The molecule has 0 aromatic carbocycles. The fourth-order valence-electron chi connectivity index (χ4n) is 2.02.